The van der Waals surface area contributed by atoms with Gasteiger partial charge in [0.15, 0.2) is 0 Å². The predicted molar refractivity (Wildman–Crippen MR) is 71.7 cm³/mol. The second kappa shape index (κ2) is 6.35. The van der Waals surface area contributed by atoms with E-state index in [1.807, 2.05) is 30.3 Å². The summed E-state index contributed by atoms with van der Waals surface area (Å²) in [6.07, 6.45) is 4.05. The van der Waals surface area contributed by atoms with Crippen LogP contribution in [0.2, 0.25) is 0 Å². The summed E-state index contributed by atoms with van der Waals surface area (Å²) in [6, 6.07) is 13.2. The number of hydrogen-bond acceptors (Lipinski definition) is 3. The fourth-order valence-corrected chi connectivity index (χ4v) is 1.54. The van der Waals surface area contributed by atoms with Crippen molar-refractivity contribution in [3.8, 4) is 5.75 Å². The standard InChI is InChI=1S/C15H13NO3/c17-15(18)9-8-13-14(7-4-10-16-13)19-11-12-5-2-1-3-6-12/h1-10H,11H2,(H,17,18). The first-order valence-electron chi connectivity index (χ1n) is 5.78. The van der Waals surface area contributed by atoms with Crippen molar-refractivity contribution in [3.05, 3.63) is 66.0 Å². The molecule has 1 heterocycles. The van der Waals surface area contributed by atoms with Crippen LogP contribution in [-0.2, 0) is 11.4 Å². The molecule has 96 valence electrons. The van der Waals surface area contributed by atoms with Crippen LogP contribution in [0.1, 0.15) is 11.3 Å². The Balaban J connectivity index is 2.10. The van der Waals surface area contributed by atoms with Gasteiger partial charge in [0.2, 0.25) is 0 Å². The molecule has 0 radical (unpaired) electrons. The maximum absolute atomic E-state index is 10.5. The van der Waals surface area contributed by atoms with E-state index in [1.54, 1.807) is 18.3 Å². The van der Waals surface area contributed by atoms with Crippen LogP contribution in [0, 0.1) is 0 Å². The fourth-order valence-electron chi connectivity index (χ4n) is 1.54. The van der Waals surface area contributed by atoms with Crippen molar-refractivity contribution in [1.29, 1.82) is 0 Å². The largest absolute Gasteiger partial charge is 0.487 e. The summed E-state index contributed by atoms with van der Waals surface area (Å²) in [5.74, 6) is -0.455. The Bertz CT molecular complexity index is 579. The number of aliphatic carboxylic acids is 1. The minimum Gasteiger partial charge on any atom is -0.487 e. The second-order valence-corrected chi connectivity index (χ2v) is 3.83. The van der Waals surface area contributed by atoms with E-state index in [0.717, 1.165) is 11.6 Å². The Labute approximate surface area is 111 Å². The van der Waals surface area contributed by atoms with E-state index in [1.165, 1.54) is 6.08 Å². The second-order valence-electron chi connectivity index (χ2n) is 3.83. The molecular formula is C15H13NO3. The van der Waals surface area contributed by atoms with Gasteiger partial charge in [0.1, 0.15) is 18.1 Å². The van der Waals surface area contributed by atoms with Gasteiger partial charge in [-0.05, 0) is 23.8 Å². The first-order chi connectivity index (χ1) is 9.25. The molecule has 0 aliphatic carbocycles. The molecule has 0 aliphatic rings. The van der Waals surface area contributed by atoms with Gasteiger partial charge in [-0.2, -0.15) is 0 Å². The summed E-state index contributed by atoms with van der Waals surface area (Å²) in [7, 11) is 0. The zero-order chi connectivity index (χ0) is 13.5. The number of hydrogen-bond donors (Lipinski definition) is 1. The third-order valence-corrected chi connectivity index (χ3v) is 2.42. The predicted octanol–water partition coefficient (Wildman–Crippen LogP) is 2.76. The van der Waals surface area contributed by atoms with Crippen molar-refractivity contribution in [2.75, 3.05) is 0 Å². The third-order valence-electron chi connectivity index (χ3n) is 2.42. The van der Waals surface area contributed by atoms with Crippen LogP contribution < -0.4 is 4.74 Å². The summed E-state index contributed by atoms with van der Waals surface area (Å²) in [6.45, 7) is 0.417. The number of ether oxygens (including phenoxy) is 1. The number of rotatable bonds is 5. The zero-order valence-electron chi connectivity index (χ0n) is 10.2. The molecule has 0 aliphatic heterocycles. The molecule has 0 bridgehead atoms. The molecule has 0 amide bonds. The molecule has 0 saturated carbocycles. The van der Waals surface area contributed by atoms with E-state index in [9.17, 15) is 4.79 Å². The van der Waals surface area contributed by atoms with E-state index in [0.29, 0.717) is 18.1 Å². The van der Waals surface area contributed by atoms with E-state index in [2.05, 4.69) is 4.98 Å². The van der Waals surface area contributed by atoms with Crippen molar-refractivity contribution >= 4 is 12.0 Å². The van der Waals surface area contributed by atoms with Gasteiger partial charge in [0, 0.05) is 12.3 Å². The topological polar surface area (TPSA) is 59.4 Å². The van der Waals surface area contributed by atoms with Gasteiger partial charge >= 0.3 is 5.97 Å². The monoisotopic (exact) mass is 255 g/mol. The van der Waals surface area contributed by atoms with E-state index >= 15 is 0 Å². The lowest BCUT2D eigenvalue weighted by Gasteiger charge is -2.08. The molecule has 2 aromatic rings. The fraction of sp³-hybridized carbons (Fsp3) is 0.0667. The van der Waals surface area contributed by atoms with Crippen LogP contribution in [0.25, 0.3) is 6.08 Å². The lowest BCUT2D eigenvalue weighted by molar-refractivity contribution is -0.131. The average Bonchev–Trinajstić information content (AvgIpc) is 2.45. The molecule has 4 nitrogen and oxygen atoms in total. The Morgan fingerprint density at radius 2 is 2.00 bits per heavy atom. The van der Waals surface area contributed by atoms with Crippen molar-refractivity contribution in [1.82, 2.24) is 4.98 Å². The molecule has 0 unspecified atom stereocenters. The molecule has 0 fully saturated rings. The molecule has 4 heteroatoms. The van der Waals surface area contributed by atoms with Gasteiger partial charge in [-0.15, -0.1) is 0 Å². The Morgan fingerprint density at radius 1 is 1.21 bits per heavy atom. The molecule has 0 saturated heterocycles. The van der Waals surface area contributed by atoms with Gasteiger partial charge in [-0.3, -0.25) is 4.98 Å². The number of carboxylic acid groups (broad SMARTS) is 1. The Hall–Kier alpha value is -2.62. The number of benzene rings is 1. The molecule has 19 heavy (non-hydrogen) atoms. The molecule has 0 spiro atoms. The first-order valence-corrected chi connectivity index (χ1v) is 5.78. The minimum absolute atomic E-state index is 0.417. The maximum Gasteiger partial charge on any atom is 0.328 e. The first kappa shape index (κ1) is 12.8. The van der Waals surface area contributed by atoms with Crippen molar-refractivity contribution in [3.63, 3.8) is 0 Å². The number of pyridine rings is 1. The van der Waals surface area contributed by atoms with E-state index in [-0.39, 0.29) is 0 Å². The summed E-state index contributed by atoms with van der Waals surface area (Å²) in [4.78, 5) is 14.6. The summed E-state index contributed by atoms with van der Waals surface area (Å²) < 4.78 is 5.65. The maximum atomic E-state index is 10.5. The molecule has 1 aromatic heterocycles. The third kappa shape index (κ3) is 3.96. The summed E-state index contributed by atoms with van der Waals surface area (Å²) in [5.41, 5.74) is 1.54. The lowest BCUT2D eigenvalue weighted by atomic mass is 10.2. The van der Waals surface area contributed by atoms with Crippen LogP contribution in [0.4, 0.5) is 0 Å². The lowest BCUT2D eigenvalue weighted by Crippen LogP contribution is -1.98. The number of carboxylic acids is 1. The summed E-state index contributed by atoms with van der Waals surface area (Å²) >= 11 is 0. The quantitative estimate of drug-likeness (QED) is 0.834. The highest BCUT2D eigenvalue weighted by Gasteiger charge is 2.02. The molecule has 2 rings (SSSR count). The van der Waals surface area contributed by atoms with E-state index < -0.39 is 5.97 Å². The highest BCUT2D eigenvalue weighted by molar-refractivity contribution is 5.85. The number of nitrogens with zero attached hydrogens (tertiary/aromatic N) is 1. The molecule has 1 aromatic carbocycles. The van der Waals surface area contributed by atoms with Gasteiger partial charge in [0.05, 0.1) is 0 Å². The van der Waals surface area contributed by atoms with Gasteiger partial charge in [-0.25, -0.2) is 4.79 Å². The SMILES string of the molecule is O=C(O)C=Cc1ncccc1OCc1ccccc1. The molecule has 1 N–H and O–H groups in total. The van der Waals surface area contributed by atoms with Crippen molar-refractivity contribution in [2.24, 2.45) is 0 Å². The van der Waals surface area contributed by atoms with Gasteiger partial charge < -0.3 is 9.84 Å². The smallest absolute Gasteiger partial charge is 0.328 e. The zero-order valence-corrected chi connectivity index (χ0v) is 10.2. The number of aromatic nitrogens is 1. The highest BCUT2D eigenvalue weighted by Crippen LogP contribution is 2.18. The Morgan fingerprint density at radius 3 is 2.74 bits per heavy atom. The van der Waals surface area contributed by atoms with Crippen LogP contribution in [-0.4, -0.2) is 16.1 Å². The van der Waals surface area contributed by atoms with Crippen LogP contribution in [0.3, 0.4) is 0 Å². The normalized spacial score (nSPS) is 10.5. The van der Waals surface area contributed by atoms with Gasteiger partial charge in [0.25, 0.3) is 0 Å². The molecular weight excluding hydrogens is 242 g/mol. The molecule has 0 atom stereocenters. The van der Waals surface area contributed by atoms with Crippen LogP contribution >= 0.6 is 0 Å². The summed E-state index contributed by atoms with van der Waals surface area (Å²) in [5, 5.41) is 8.62. The average molecular weight is 255 g/mol. The Kier molecular flexibility index (Phi) is 4.29. The number of carbonyl (C=O) groups is 1. The van der Waals surface area contributed by atoms with Crippen molar-refractivity contribution < 1.29 is 14.6 Å². The van der Waals surface area contributed by atoms with Crippen molar-refractivity contribution in [2.45, 2.75) is 6.61 Å². The van der Waals surface area contributed by atoms with E-state index in [4.69, 9.17) is 9.84 Å². The highest BCUT2D eigenvalue weighted by atomic mass is 16.5. The van der Waals surface area contributed by atoms with Crippen LogP contribution in [0.5, 0.6) is 5.75 Å². The van der Waals surface area contributed by atoms with Crippen LogP contribution in [0.15, 0.2) is 54.7 Å². The minimum atomic E-state index is -1.01. The van der Waals surface area contributed by atoms with Gasteiger partial charge in [-0.1, -0.05) is 30.3 Å².